The Labute approximate surface area is 317 Å². The highest BCUT2D eigenvalue weighted by molar-refractivity contribution is 7.92. The van der Waals surface area contributed by atoms with E-state index in [4.69, 9.17) is 9.73 Å². The monoisotopic (exact) mass is 755 g/mol. The van der Waals surface area contributed by atoms with E-state index >= 15 is 8.78 Å². The maximum atomic E-state index is 16.0. The first-order valence-corrected chi connectivity index (χ1v) is 19.5. The lowest BCUT2D eigenvalue weighted by Crippen LogP contribution is -2.33. The average Bonchev–Trinajstić information content (AvgIpc) is 3.81. The number of amidine groups is 1. The Morgan fingerprint density at radius 1 is 1.11 bits per heavy atom. The van der Waals surface area contributed by atoms with Crippen molar-refractivity contribution < 1.29 is 28.0 Å². The second-order valence-corrected chi connectivity index (χ2v) is 16.8. The molecule has 2 unspecified atom stereocenters. The van der Waals surface area contributed by atoms with E-state index in [-0.39, 0.29) is 30.0 Å². The zero-order chi connectivity index (χ0) is 38.8. The van der Waals surface area contributed by atoms with Gasteiger partial charge in [-0.25, -0.2) is 13.8 Å². The van der Waals surface area contributed by atoms with Crippen LogP contribution < -0.4 is 4.74 Å². The Bertz CT molecular complexity index is 2220. The third-order valence-electron chi connectivity index (χ3n) is 10.3. The fourth-order valence-corrected chi connectivity index (χ4v) is 8.34. The number of carboxylic acids is 1. The highest BCUT2D eigenvalue weighted by Crippen LogP contribution is 2.41. The fraction of sp³-hybridized carbons (Fsp3) is 0.357. The molecule has 12 heteroatoms. The molecule has 54 heavy (non-hydrogen) atoms. The normalized spacial score (nSPS) is 20.9. The zero-order valence-corrected chi connectivity index (χ0v) is 32.4. The molecule has 3 heterocycles. The zero-order valence-electron chi connectivity index (χ0n) is 31.6. The third-order valence-corrected chi connectivity index (χ3v) is 12.3. The van der Waals surface area contributed by atoms with Crippen molar-refractivity contribution in [3.05, 3.63) is 124 Å². The lowest BCUT2D eigenvalue weighted by atomic mass is 9.75. The molecule has 0 saturated carbocycles. The highest BCUT2D eigenvalue weighted by Gasteiger charge is 2.38. The Kier molecular flexibility index (Phi) is 11.3. The number of carboxylic acid groups (broad SMARTS) is 1. The van der Waals surface area contributed by atoms with E-state index < -0.39 is 38.9 Å². The first kappa shape index (κ1) is 38.8. The summed E-state index contributed by atoms with van der Waals surface area (Å²) < 4.78 is 53.4. The van der Waals surface area contributed by atoms with E-state index in [1.165, 1.54) is 24.3 Å². The Balaban J connectivity index is 1.56. The van der Waals surface area contributed by atoms with E-state index in [9.17, 15) is 14.5 Å². The summed E-state index contributed by atoms with van der Waals surface area (Å²) in [6.45, 7) is 8.14. The number of aromatic amines is 1. The van der Waals surface area contributed by atoms with E-state index in [0.29, 0.717) is 54.0 Å². The van der Waals surface area contributed by atoms with Crippen LogP contribution in [0, 0.1) is 11.6 Å². The molecule has 0 saturated heterocycles. The number of nitrogens with zero attached hydrogens (tertiary/aromatic N) is 4. The first-order valence-electron chi connectivity index (χ1n) is 18.2. The molecular weight excluding hydrogens is 709 g/mol. The van der Waals surface area contributed by atoms with Gasteiger partial charge in [0.05, 0.1) is 18.3 Å². The molecule has 0 aliphatic carbocycles. The summed E-state index contributed by atoms with van der Waals surface area (Å²) in [4.78, 5) is 21.5. The van der Waals surface area contributed by atoms with Crippen LogP contribution in [0.1, 0.15) is 81.2 Å². The quantitative estimate of drug-likeness (QED) is 0.173. The van der Waals surface area contributed by atoms with Crippen molar-refractivity contribution in [3.8, 4) is 11.5 Å². The number of carbonyl (C=O) groups is 1. The minimum absolute atomic E-state index is 0.00642. The standard InChI is InChI=1S/C42H47F2N5O4S/c1-7-10-37-42(4,28-12-8-11-27(21-28)13-16-38(50)51)18-9-20-54(52)41(2,3)29-24-46-49(25-29)26-33-31-17-19-45-36(31)23-35(44)39(33)53-30-14-15-34(43)32(22-30)40(47-37)48(5)6/h8,10-12,14-15,17,19,21-25,45H,7,9,13,16,18,20,26H2,1-6H3,(H,50,51)/b37-10+,47-40-. The molecule has 284 valence electrons. The van der Waals surface area contributed by atoms with Crippen LogP contribution in [-0.2, 0) is 39.1 Å². The van der Waals surface area contributed by atoms with Gasteiger partial charge in [-0.05, 0) is 93.0 Å². The largest absolute Gasteiger partial charge is 0.616 e. The van der Waals surface area contributed by atoms with Gasteiger partial charge in [0.15, 0.2) is 11.6 Å². The van der Waals surface area contributed by atoms with Gasteiger partial charge >= 0.3 is 5.97 Å². The number of aliphatic imine (C=N–C) groups is 1. The van der Waals surface area contributed by atoms with Crippen molar-refractivity contribution >= 4 is 33.9 Å². The van der Waals surface area contributed by atoms with Crippen molar-refractivity contribution in [1.82, 2.24) is 19.7 Å². The van der Waals surface area contributed by atoms with Crippen LogP contribution >= 0.6 is 0 Å². The van der Waals surface area contributed by atoms with Crippen molar-refractivity contribution in [2.75, 3.05) is 19.8 Å². The van der Waals surface area contributed by atoms with Gasteiger partial charge in [-0.1, -0.05) is 37.3 Å². The van der Waals surface area contributed by atoms with Gasteiger partial charge < -0.3 is 24.3 Å². The van der Waals surface area contributed by atoms with Crippen LogP contribution in [0.5, 0.6) is 11.5 Å². The molecule has 4 bridgehead atoms. The van der Waals surface area contributed by atoms with Gasteiger partial charge in [0.1, 0.15) is 27.9 Å². The smallest absolute Gasteiger partial charge is 0.303 e. The second-order valence-electron chi connectivity index (χ2n) is 14.7. The van der Waals surface area contributed by atoms with E-state index in [0.717, 1.165) is 22.1 Å². The summed E-state index contributed by atoms with van der Waals surface area (Å²) in [6.07, 6.45) is 9.43. The topological polar surface area (TPSA) is 119 Å². The molecule has 1 aliphatic heterocycles. The Morgan fingerprint density at radius 2 is 1.91 bits per heavy atom. The molecule has 0 amide bonds. The number of H-pyrrole nitrogens is 1. The van der Waals surface area contributed by atoms with Gasteiger partial charge in [0, 0.05) is 72.1 Å². The fourth-order valence-electron chi connectivity index (χ4n) is 7.06. The van der Waals surface area contributed by atoms with Crippen molar-refractivity contribution in [2.45, 2.75) is 76.5 Å². The summed E-state index contributed by atoms with van der Waals surface area (Å²) in [5.74, 6) is -1.07. The number of aromatic nitrogens is 3. The number of aliphatic carboxylic acids is 1. The van der Waals surface area contributed by atoms with Crippen LogP contribution in [0.3, 0.4) is 0 Å². The van der Waals surface area contributed by atoms with Gasteiger partial charge in [-0.3, -0.25) is 9.48 Å². The van der Waals surface area contributed by atoms with Crippen LogP contribution in [0.2, 0.25) is 0 Å². The molecular formula is C42H47F2N5O4S. The summed E-state index contributed by atoms with van der Waals surface area (Å²) >= 11 is -1.32. The number of nitrogens with one attached hydrogen (secondary N) is 1. The number of hydrogen-bond donors (Lipinski definition) is 2. The SMILES string of the molecule is CC/C=C1/N=C(\N(C)C)c2cc(ccc2F)Oc2c(F)cc3[nH]ccc3c2Cn2cc(cn2)C(C)(C)[S+]([O-])CCCC1(C)c1cccc(CCC(=O)O)c1. The molecule has 3 aromatic carbocycles. The lowest BCUT2D eigenvalue weighted by molar-refractivity contribution is -0.136. The lowest BCUT2D eigenvalue weighted by Gasteiger charge is -2.34. The summed E-state index contributed by atoms with van der Waals surface area (Å²) in [5.41, 5.74) is 3.82. The molecule has 0 spiro atoms. The number of benzene rings is 3. The van der Waals surface area contributed by atoms with Crippen LogP contribution in [0.25, 0.3) is 10.9 Å². The minimum atomic E-state index is -1.32. The minimum Gasteiger partial charge on any atom is -0.616 e. The molecule has 9 nitrogen and oxygen atoms in total. The maximum Gasteiger partial charge on any atom is 0.303 e. The molecule has 0 radical (unpaired) electrons. The number of rotatable bonds is 5. The molecule has 0 fully saturated rings. The van der Waals surface area contributed by atoms with E-state index in [1.54, 1.807) is 36.1 Å². The van der Waals surface area contributed by atoms with Gasteiger partial charge in [0.25, 0.3) is 0 Å². The second kappa shape index (κ2) is 15.8. The number of hydrogen-bond acceptors (Lipinski definition) is 6. The number of ether oxygens (including phenoxy) is 1. The highest BCUT2D eigenvalue weighted by atomic mass is 32.2. The maximum absolute atomic E-state index is 16.0. The van der Waals surface area contributed by atoms with Crippen molar-refractivity contribution in [1.29, 1.82) is 0 Å². The van der Waals surface area contributed by atoms with Crippen LogP contribution in [0.4, 0.5) is 8.78 Å². The van der Waals surface area contributed by atoms with Crippen LogP contribution in [-0.4, -0.2) is 61.0 Å². The summed E-state index contributed by atoms with van der Waals surface area (Å²) in [5, 5.41) is 14.7. The number of fused-ring (bicyclic) bond motifs is 7. The number of aryl methyl sites for hydroxylation is 1. The summed E-state index contributed by atoms with van der Waals surface area (Å²) in [6, 6.07) is 15.4. The molecule has 5 aromatic rings. The number of allylic oxidation sites excluding steroid dienone is 2. The number of halogens is 2. The molecule has 2 aromatic heterocycles. The van der Waals surface area contributed by atoms with E-state index in [2.05, 4.69) is 17.0 Å². The van der Waals surface area contributed by atoms with Crippen LogP contribution in [0.15, 0.2) is 90.0 Å². The van der Waals surface area contributed by atoms with E-state index in [1.807, 2.05) is 63.4 Å². The first-order chi connectivity index (χ1) is 25.7. The van der Waals surface area contributed by atoms with Crippen molar-refractivity contribution in [3.63, 3.8) is 0 Å². The molecule has 2 atom stereocenters. The average molecular weight is 756 g/mol. The predicted molar refractivity (Wildman–Crippen MR) is 210 cm³/mol. The third kappa shape index (κ3) is 7.95. The molecule has 1 aliphatic rings. The molecule has 2 N–H and O–H groups in total. The summed E-state index contributed by atoms with van der Waals surface area (Å²) in [7, 11) is 3.57. The Hall–Kier alpha value is -4.94. The van der Waals surface area contributed by atoms with Gasteiger partial charge in [0.2, 0.25) is 0 Å². The Morgan fingerprint density at radius 3 is 2.65 bits per heavy atom. The molecule has 6 rings (SSSR count). The van der Waals surface area contributed by atoms with Gasteiger partial charge in [-0.2, -0.15) is 5.10 Å². The predicted octanol–water partition coefficient (Wildman–Crippen LogP) is 8.84. The van der Waals surface area contributed by atoms with Crippen molar-refractivity contribution in [2.24, 2.45) is 4.99 Å². The van der Waals surface area contributed by atoms with Gasteiger partial charge in [-0.15, -0.1) is 0 Å².